The number of esters is 2. The molecule has 2 rings (SSSR count). The zero-order valence-electron chi connectivity index (χ0n) is 19.0. The largest absolute Gasteiger partial charge is 0.476 e. The van der Waals surface area contributed by atoms with Gasteiger partial charge in [0.25, 0.3) is 5.91 Å². The van der Waals surface area contributed by atoms with Gasteiger partial charge in [-0.3, -0.25) is 9.59 Å². The molecule has 1 amide bonds. The lowest BCUT2D eigenvalue weighted by atomic mass is 10.1. The summed E-state index contributed by atoms with van der Waals surface area (Å²) in [5, 5.41) is 6.26. The minimum atomic E-state index is -1.27. The molecule has 0 saturated carbocycles. The van der Waals surface area contributed by atoms with Crippen LogP contribution in [0.15, 0.2) is 48.5 Å². The van der Waals surface area contributed by atoms with Gasteiger partial charge in [-0.2, -0.15) is 0 Å². The Balaban J connectivity index is 1.76. The van der Waals surface area contributed by atoms with Gasteiger partial charge in [-0.25, -0.2) is 4.79 Å². The summed E-state index contributed by atoms with van der Waals surface area (Å²) in [5.41, 5.74) is 0.267. The third-order valence-electron chi connectivity index (χ3n) is 4.58. The van der Waals surface area contributed by atoms with E-state index in [1.54, 1.807) is 57.3 Å². The highest BCUT2D eigenvalue weighted by Crippen LogP contribution is 2.20. The van der Waals surface area contributed by atoms with Crippen molar-refractivity contribution in [2.45, 2.75) is 32.3 Å². The Morgan fingerprint density at radius 3 is 2.24 bits per heavy atom. The van der Waals surface area contributed by atoms with Crippen LogP contribution in [0.5, 0.6) is 5.75 Å². The van der Waals surface area contributed by atoms with Crippen LogP contribution in [-0.4, -0.2) is 50.4 Å². The standard InChI is InChI=1S/C24H29ClN2O6/c1-24(2,23(30)32-16-31-21(28)13-14-26-3)33-20-10-4-17(5-11-20)12-15-27-22(29)18-6-8-19(25)9-7-18/h4-11,26H,12-16H2,1-3H3,(H,27,29). The predicted molar refractivity (Wildman–Crippen MR) is 124 cm³/mol. The van der Waals surface area contributed by atoms with Crippen LogP contribution < -0.4 is 15.4 Å². The number of amides is 1. The van der Waals surface area contributed by atoms with E-state index in [1.165, 1.54) is 0 Å². The van der Waals surface area contributed by atoms with E-state index in [0.29, 0.717) is 35.8 Å². The fraction of sp³-hybridized carbons (Fsp3) is 0.375. The molecule has 0 spiro atoms. The van der Waals surface area contributed by atoms with Crippen LogP contribution in [-0.2, 0) is 25.5 Å². The molecule has 0 bridgehead atoms. The molecule has 0 saturated heterocycles. The van der Waals surface area contributed by atoms with E-state index >= 15 is 0 Å². The Labute approximate surface area is 198 Å². The van der Waals surface area contributed by atoms with Crippen LogP contribution >= 0.6 is 11.6 Å². The number of ether oxygens (including phenoxy) is 3. The van der Waals surface area contributed by atoms with Crippen molar-refractivity contribution in [3.63, 3.8) is 0 Å². The Hall–Kier alpha value is -3.10. The lowest BCUT2D eigenvalue weighted by Gasteiger charge is -2.24. The van der Waals surface area contributed by atoms with Crippen molar-refractivity contribution >= 4 is 29.4 Å². The van der Waals surface area contributed by atoms with E-state index in [4.69, 9.17) is 25.8 Å². The minimum absolute atomic E-state index is 0.167. The number of hydrogen-bond donors (Lipinski definition) is 2. The third-order valence-corrected chi connectivity index (χ3v) is 4.83. The molecule has 2 aromatic carbocycles. The molecular formula is C24H29ClN2O6. The van der Waals surface area contributed by atoms with Gasteiger partial charge >= 0.3 is 11.9 Å². The summed E-state index contributed by atoms with van der Waals surface area (Å²) in [6, 6.07) is 13.9. The SMILES string of the molecule is CNCCC(=O)OCOC(=O)C(C)(C)Oc1ccc(CCNC(=O)c2ccc(Cl)cc2)cc1. The highest BCUT2D eigenvalue weighted by atomic mass is 35.5. The summed E-state index contributed by atoms with van der Waals surface area (Å²) in [4.78, 5) is 35.8. The minimum Gasteiger partial charge on any atom is -0.476 e. The van der Waals surface area contributed by atoms with Gasteiger partial charge in [0.05, 0.1) is 6.42 Å². The zero-order chi connectivity index (χ0) is 24.3. The highest BCUT2D eigenvalue weighted by Gasteiger charge is 2.32. The maximum atomic E-state index is 12.3. The van der Waals surface area contributed by atoms with Gasteiger partial charge in [0.2, 0.25) is 6.79 Å². The monoisotopic (exact) mass is 476 g/mol. The Kier molecular flexibility index (Phi) is 10.2. The molecule has 0 aromatic heterocycles. The van der Waals surface area contributed by atoms with E-state index in [1.807, 2.05) is 12.1 Å². The average Bonchev–Trinajstić information content (AvgIpc) is 2.79. The molecule has 0 atom stereocenters. The second kappa shape index (κ2) is 12.8. The highest BCUT2D eigenvalue weighted by molar-refractivity contribution is 6.30. The van der Waals surface area contributed by atoms with E-state index in [9.17, 15) is 14.4 Å². The lowest BCUT2D eigenvalue weighted by molar-refractivity contribution is -0.177. The van der Waals surface area contributed by atoms with Gasteiger partial charge in [0.1, 0.15) is 5.75 Å². The Morgan fingerprint density at radius 2 is 1.61 bits per heavy atom. The smallest absolute Gasteiger partial charge is 0.352 e. The van der Waals surface area contributed by atoms with Crippen molar-refractivity contribution in [1.82, 2.24) is 10.6 Å². The summed E-state index contributed by atoms with van der Waals surface area (Å²) in [6.45, 7) is 3.62. The molecule has 2 aromatic rings. The van der Waals surface area contributed by atoms with E-state index < -0.39 is 24.3 Å². The second-order valence-electron chi connectivity index (χ2n) is 7.69. The van der Waals surface area contributed by atoms with Crippen LogP contribution in [0.2, 0.25) is 5.02 Å². The average molecular weight is 477 g/mol. The third kappa shape index (κ3) is 9.11. The molecule has 0 aliphatic carbocycles. The van der Waals surface area contributed by atoms with Crippen LogP contribution in [0.3, 0.4) is 0 Å². The summed E-state index contributed by atoms with van der Waals surface area (Å²) in [7, 11) is 1.72. The molecule has 33 heavy (non-hydrogen) atoms. The lowest BCUT2D eigenvalue weighted by Crippen LogP contribution is -2.40. The van der Waals surface area contributed by atoms with E-state index in [0.717, 1.165) is 5.56 Å². The Morgan fingerprint density at radius 1 is 0.939 bits per heavy atom. The van der Waals surface area contributed by atoms with Crippen molar-refractivity contribution in [3.05, 3.63) is 64.7 Å². The van der Waals surface area contributed by atoms with Gasteiger partial charge in [0, 0.05) is 23.7 Å². The summed E-state index contributed by atoms with van der Waals surface area (Å²) >= 11 is 5.83. The zero-order valence-corrected chi connectivity index (χ0v) is 19.7. The summed E-state index contributed by atoms with van der Waals surface area (Å²) in [6.07, 6.45) is 0.815. The molecule has 0 aliphatic heterocycles. The summed E-state index contributed by atoms with van der Waals surface area (Å²) < 4.78 is 15.6. The molecule has 9 heteroatoms. The van der Waals surface area contributed by atoms with Crippen molar-refractivity contribution in [3.8, 4) is 5.75 Å². The molecule has 178 valence electrons. The number of benzene rings is 2. The molecule has 0 radical (unpaired) electrons. The first-order chi connectivity index (χ1) is 15.7. The number of carbonyl (C=O) groups is 3. The maximum absolute atomic E-state index is 12.3. The topological polar surface area (TPSA) is 103 Å². The Bertz CT molecular complexity index is 929. The number of halogens is 1. The fourth-order valence-corrected chi connectivity index (χ4v) is 2.83. The number of nitrogens with one attached hydrogen (secondary N) is 2. The molecule has 0 unspecified atom stereocenters. The molecule has 2 N–H and O–H groups in total. The number of hydrogen-bond acceptors (Lipinski definition) is 7. The molecule has 8 nitrogen and oxygen atoms in total. The van der Waals surface area contributed by atoms with Gasteiger partial charge in [0.15, 0.2) is 5.60 Å². The first-order valence-corrected chi connectivity index (χ1v) is 10.9. The number of carbonyl (C=O) groups excluding carboxylic acids is 3. The predicted octanol–water partition coefficient (Wildman–Crippen LogP) is 3.12. The van der Waals surface area contributed by atoms with Gasteiger partial charge in [-0.05, 0) is 69.3 Å². The first-order valence-electron chi connectivity index (χ1n) is 10.5. The van der Waals surface area contributed by atoms with Crippen molar-refractivity contribution in [1.29, 1.82) is 0 Å². The quantitative estimate of drug-likeness (QED) is 0.358. The molecule has 0 heterocycles. The molecule has 0 aliphatic rings. The van der Waals surface area contributed by atoms with Crippen LogP contribution in [0.4, 0.5) is 0 Å². The van der Waals surface area contributed by atoms with Crippen LogP contribution in [0.25, 0.3) is 0 Å². The van der Waals surface area contributed by atoms with Gasteiger partial charge in [-0.15, -0.1) is 0 Å². The second-order valence-corrected chi connectivity index (χ2v) is 8.13. The maximum Gasteiger partial charge on any atom is 0.352 e. The molecule has 0 fully saturated rings. The van der Waals surface area contributed by atoms with Crippen molar-refractivity contribution in [2.75, 3.05) is 26.9 Å². The molecular weight excluding hydrogens is 448 g/mol. The van der Waals surface area contributed by atoms with Gasteiger partial charge < -0.3 is 24.8 Å². The van der Waals surface area contributed by atoms with Crippen LogP contribution in [0, 0.1) is 0 Å². The van der Waals surface area contributed by atoms with E-state index in [2.05, 4.69) is 10.6 Å². The van der Waals surface area contributed by atoms with Crippen LogP contribution in [0.1, 0.15) is 36.2 Å². The van der Waals surface area contributed by atoms with Gasteiger partial charge in [-0.1, -0.05) is 23.7 Å². The van der Waals surface area contributed by atoms with Crippen molar-refractivity contribution < 1.29 is 28.6 Å². The number of rotatable bonds is 12. The first kappa shape index (κ1) is 26.2. The van der Waals surface area contributed by atoms with Crippen molar-refractivity contribution in [2.24, 2.45) is 0 Å². The fourth-order valence-electron chi connectivity index (χ4n) is 2.71. The normalized spacial score (nSPS) is 10.9. The van der Waals surface area contributed by atoms with E-state index in [-0.39, 0.29) is 12.3 Å². The summed E-state index contributed by atoms with van der Waals surface area (Å²) in [5.74, 6) is -0.801.